The van der Waals surface area contributed by atoms with Crippen LogP contribution in [0.25, 0.3) is 0 Å². The predicted octanol–water partition coefficient (Wildman–Crippen LogP) is 1.08. The highest BCUT2D eigenvalue weighted by atomic mass is 16.6. The van der Waals surface area contributed by atoms with Crippen molar-refractivity contribution in [3.8, 4) is 0 Å². The summed E-state index contributed by atoms with van der Waals surface area (Å²) in [5.74, 6) is 0. The molecule has 1 aromatic rings. The van der Waals surface area contributed by atoms with Crippen molar-refractivity contribution in [2.75, 3.05) is 13.1 Å². The molecule has 2 N–H and O–H groups in total. The number of hydrogen-bond donors (Lipinski definition) is 1. The van der Waals surface area contributed by atoms with Crippen molar-refractivity contribution in [3.63, 3.8) is 0 Å². The lowest BCUT2D eigenvalue weighted by Crippen LogP contribution is -2.40. The number of aryl methyl sites for hydroxylation is 1. The Morgan fingerprint density at radius 3 is 3.00 bits per heavy atom. The zero-order valence-electron chi connectivity index (χ0n) is 9.85. The first-order valence-electron chi connectivity index (χ1n) is 6.03. The fourth-order valence-electron chi connectivity index (χ4n) is 2.37. The third-order valence-corrected chi connectivity index (χ3v) is 3.35. The Bertz CT molecular complexity index is 324. The van der Waals surface area contributed by atoms with Gasteiger partial charge in [0, 0.05) is 12.6 Å². The molecular weight excluding hydrogens is 204 g/mol. The van der Waals surface area contributed by atoms with E-state index >= 15 is 0 Å². The SMILES string of the molecule is Cc1nonc1CN1CCCCC1CCN. The summed E-state index contributed by atoms with van der Waals surface area (Å²) in [6.45, 7) is 4.68. The van der Waals surface area contributed by atoms with Gasteiger partial charge in [-0.3, -0.25) is 4.90 Å². The minimum atomic E-state index is 0.606. The van der Waals surface area contributed by atoms with Crippen molar-refractivity contribution in [2.45, 2.75) is 45.2 Å². The molecule has 0 aliphatic carbocycles. The first-order chi connectivity index (χ1) is 7.81. The maximum absolute atomic E-state index is 5.65. The van der Waals surface area contributed by atoms with Crippen molar-refractivity contribution in [1.82, 2.24) is 15.2 Å². The Morgan fingerprint density at radius 2 is 2.31 bits per heavy atom. The molecule has 1 aliphatic heterocycles. The van der Waals surface area contributed by atoms with Gasteiger partial charge in [0.2, 0.25) is 0 Å². The molecule has 0 spiro atoms. The minimum absolute atomic E-state index is 0.606. The molecule has 1 saturated heterocycles. The molecule has 1 aliphatic rings. The molecule has 0 bridgehead atoms. The summed E-state index contributed by atoms with van der Waals surface area (Å²) in [6.07, 6.45) is 4.91. The van der Waals surface area contributed by atoms with Crippen molar-refractivity contribution < 1.29 is 4.63 Å². The molecular formula is C11H20N4O. The highest BCUT2D eigenvalue weighted by Crippen LogP contribution is 2.21. The molecule has 5 heteroatoms. The molecule has 5 nitrogen and oxygen atoms in total. The van der Waals surface area contributed by atoms with Crippen LogP contribution >= 0.6 is 0 Å². The van der Waals surface area contributed by atoms with Crippen molar-refractivity contribution in [1.29, 1.82) is 0 Å². The number of nitrogens with two attached hydrogens (primary N) is 1. The number of likely N-dealkylation sites (tertiary alicyclic amines) is 1. The van der Waals surface area contributed by atoms with E-state index in [9.17, 15) is 0 Å². The van der Waals surface area contributed by atoms with Gasteiger partial charge in [-0.2, -0.15) is 0 Å². The van der Waals surface area contributed by atoms with Crippen molar-refractivity contribution >= 4 is 0 Å². The second-order valence-corrected chi connectivity index (χ2v) is 4.49. The fourth-order valence-corrected chi connectivity index (χ4v) is 2.37. The number of piperidine rings is 1. The van der Waals surface area contributed by atoms with Gasteiger partial charge in [-0.05, 0) is 39.3 Å². The molecule has 0 radical (unpaired) electrons. The van der Waals surface area contributed by atoms with Gasteiger partial charge < -0.3 is 5.73 Å². The summed E-state index contributed by atoms with van der Waals surface area (Å²) in [7, 11) is 0. The van der Waals surface area contributed by atoms with Crippen LogP contribution in [-0.4, -0.2) is 34.3 Å². The van der Waals surface area contributed by atoms with Crippen LogP contribution in [0.4, 0.5) is 0 Å². The fraction of sp³-hybridized carbons (Fsp3) is 0.818. The first-order valence-corrected chi connectivity index (χ1v) is 6.03. The minimum Gasteiger partial charge on any atom is -0.330 e. The number of rotatable bonds is 4. The van der Waals surface area contributed by atoms with Crippen LogP contribution in [0.2, 0.25) is 0 Å². The van der Waals surface area contributed by atoms with Gasteiger partial charge in [-0.25, -0.2) is 4.63 Å². The summed E-state index contributed by atoms with van der Waals surface area (Å²) in [5.41, 5.74) is 7.51. The molecule has 1 fully saturated rings. The predicted molar refractivity (Wildman–Crippen MR) is 60.8 cm³/mol. The summed E-state index contributed by atoms with van der Waals surface area (Å²) in [4.78, 5) is 2.46. The molecule has 16 heavy (non-hydrogen) atoms. The van der Waals surface area contributed by atoms with E-state index in [-0.39, 0.29) is 0 Å². The summed E-state index contributed by atoms with van der Waals surface area (Å²) < 4.78 is 4.73. The van der Waals surface area contributed by atoms with Crippen LogP contribution in [0.15, 0.2) is 4.63 Å². The average molecular weight is 224 g/mol. The van der Waals surface area contributed by atoms with E-state index in [0.29, 0.717) is 6.04 Å². The van der Waals surface area contributed by atoms with Crippen molar-refractivity contribution in [3.05, 3.63) is 11.4 Å². The quantitative estimate of drug-likeness (QED) is 0.829. The Labute approximate surface area is 95.9 Å². The molecule has 1 atom stereocenters. The third-order valence-electron chi connectivity index (χ3n) is 3.35. The second kappa shape index (κ2) is 5.41. The van der Waals surface area contributed by atoms with Crippen molar-refractivity contribution in [2.24, 2.45) is 5.73 Å². The van der Waals surface area contributed by atoms with E-state index < -0.39 is 0 Å². The van der Waals surface area contributed by atoms with E-state index in [1.807, 2.05) is 6.92 Å². The lowest BCUT2D eigenvalue weighted by atomic mass is 9.99. The molecule has 2 heterocycles. The lowest BCUT2D eigenvalue weighted by Gasteiger charge is -2.35. The number of aromatic nitrogens is 2. The van der Waals surface area contributed by atoms with Gasteiger partial charge in [-0.15, -0.1) is 0 Å². The van der Waals surface area contributed by atoms with Gasteiger partial charge in [0.05, 0.1) is 0 Å². The molecule has 2 rings (SSSR count). The van der Waals surface area contributed by atoms with Crippen LogP contribution < -0.4 is 5.73 Å². The first kappa shape index (κ1) is 11.5. The molecule has 0 amide bonds. The maximum Gasteiger partial charge on any atom is 0.122 e. The molecule has 0 aromatic carbocycles. The summed E-state index contributed by atoms with van der Waals surface area (Å²) in [6, 6.07) is 0.606. The van der Waals surface area contributed by atoms with E-state index in [1.54, 1.807) is 0 Å². The lowest BCUT2D eigenvalue weighted by molar-refractivity contribution is 0.130. The third kappa shape index (κ3) is 2.59. The standard InChI is InChI=1S/C11H20N4O/c1-9-11(14-16-13-9)8-15-7-3-2-4-10(15)5-6-12/h10H,2-8,12H2,1H3. The van der Waals surface area contributed by atoms with E-state index in [0.717, 1.165) is 37.4 Å². The Kier molecular flexibility index (Phi) is 3.90. The largest absolute Gasteiger partial charge is 0.330 e. The van der Waals surface area contributed by atoms with Crippen LogP contribution in [0.5, 0.6) is 0 Å². The highest BCUT2D eigenvalue weighted by Gasteiger charge is 2.23. The second-order valence-electron chi connectivity index (χ2n) is 4.49. The van der Waals surface area contributed by atoms with Gasteiger partial charge >= 0.3 is 0 Å². The van der Waals surface area contributed by atoms with Gasteiger partial charge in [-0.1, -0.05) is 16.7 Å². The normalized spacial score (nSPS) is 22.5. The zero-order chi connectivity index (χ0) is 11.4. The van der Waals surface area contributed by atoms with Crippen LogP contribution in [0.1, 0.15) is 37.1 Å². The Morgan fingerprint density at radius 1 is 1.44 bits per heavy atom. The summed E-state index contributed by atoms with van der Waals surface area (Å²) in [5, 5.41) is 7.76. The summed E-state index contributed by atoms with van der Waals surface area (Å²) >= 11 is 0. The smallest absolute Gasteiger partial charge is 0.122 e. The highest BCUT2D eigenvalue weighted by molar-refractivity contribution is 5.04. The van der Waals surface area contributed by atoms with Gasteiger partial charge in [0.1, 0.15) is 11.4 Å². The zero-order valence-corrected chi connectivity index (χ0v) is 9.85. The van der Waals surface area contributed by atoms with Crippen LogP contribution in [-0.2, 0) is 6.54 Å². The van der Waals surface area contributed by atoms with Crippen LogP contribution in [0.3, 0.4) is 0 Å². The topological polar surface area (TPSA) is 68.2 Å². The average Bonchev–Trinajstić information content (AvgIpc) is 2.68. The number of nitrogens with zero attached hydrogens (tertiary/aromatic N) is 3. The van der Waals surface area contributed by atoms with Gasteiger partial charge in [0.25, 0.3) is 0 Å². The Balaban J connectivity index is 1.98. The number of hydrogen-bond acceptors (Lipinski definition) is 5. The molecule has 1 unspecified atom stereocenters. The molecule has 1 aromatic heterocycles. The van der Waals surface area contributed by atoms with E-state index in [1.165, 1.54) is 19.3 Å². The van der Waals surface area contributed by atoms with E-state index in [2.05, 4.69) is 15.2 Å². The monoisotopic (exact) mass is 224 g/mol. The molecule has 90 valence electrons. The molecule has 0 saturated carbocycles. The van der Waals surface area contributed by atoms with Crippen LogP contribution in [0, 0.1) is 6.92 Å². The van der Waals surface area contributed by atoms with E-state index in [4.69, 9.17) is 10.4 Å². The maximum atomic E-state index is 5.65. The van der Waals surface area contributed by atoms with Gasteiger partial charge in [0.15, 0.2) is 0 Å². The Hall–Kier alpha value is -0.940.